The number of rotatable bonds is 19. The van der Waals surface area contributed by atoms with Gasteiger partial charge in [-0.1, -0.05) is 44.6 Å². The lowest BCUT2D eigenvalue weighted by Crippen LogP contribution is -2.81. The Labute approximate surface area is 500 Å². The van der Waals surface area contributed by atoms with Crippen LogP contribution >= 0.6 is 0 Å². The second-order valence-corrected chi connectivity index (χ2v) is 25.5. The van der Waals surface area contributed by atoms with Crippen LogP contribution in [0.3, 0.4) is 0 Å². The molecule has 7 aliphatic rings. The first-order valence-corrected chi connectivity index (χ1v) is 30.3. The number of aromatic amines is 1. The summed E-state index contributed by atoms with van der Waals surface area (Å²) >= 11 is 0. The number of piperidine rings is 1. The molecule has 7 heterocycles. The first-order chi connectivity index (χ1) is 41.0. The van der Waals surface area contributed by atoms with E-state index in [9.17, 15) is 49.1 Å². The van der Waals surface area contributed by atoms with Gasteiger partial charge in [0.2, 0.25) is 5.60 Å². The number of ether oxygens (including phenoxy) is 3. The number of nitrogens with one attached hydrogen (secondary N) is 1. The van der Waals surface area contributed by atoms with Gasteiger partial charge in [-0.05, 0) is 124 Å². The normalized spacial score (nSPS) is 30.1. The van der Waals surface area contributed by atoms with Gasteiger partial charge < -0.3 is 34.3 Å². The monoisotopic (exact) mass is 1180 g/mol. The first-order valence-electron chi connectivity index (χ1n) is 30.3. The zero-order valence-corrected chi connectivity index (χ0v) is 50.5. The number of anilines is 1. The highest BCUT2D eigenvalue weighted by Crippen LogP contribution is 2.68. The standard InChI is InChI=1S/C66H79N7O13/c1-9-63(80)35-42-34-62(5,49-32-48-52(33-54(49)84-7)69(6)59-65(48)24-28-71-25-14-23-64(10-2,58(65)71)60(86-40(4)74)66(59,81)61(79)85-8)57-45(22-27-70(37-42)38-63)47-31-43(17-19-50(47)68-57)39(3)67-36-53(76)46-18-16-41(30-51(46)73(82)83)29-44(75)15-12-11-13-26-72-55(77)20-21-56(72)78/h14,16-21,23,30-33,42,58-60,68,80-81H,9-13,15,22,24-29,34-38H2,1-8H3/t42-,58-,59+,60+,62+,63-,64+,65+,66-/m0/s1. The lowest BCUT2D eigenvalue weighted by molar-refractivity contribution is -0.385. The number of H-pyrrole nitrogens is 1. The van der Waals surface area contributed by atoms with E-state index >= 15 is 0 Å². The number of aromatic nitrogens is 1. The third-order valence-corrected chi connectivity index (χ3v) is 20.6. The zero-order valence-electron chi connectivity index (χ0n) is 50.5. The van der Waals surface area contributed by atoms with Crippen molar-refractivity contribution in [2.24, 2.45) is 16.3 Å². The molecule has 3 fully saturated rings. The molecule has 456 valence electrons. The van der Waals surface area contributed by atoms with Gasteiger partial charge >= 0.3 is 11.9 Å². The molecule has 3 aromatic carbocycles. The van der Waals surface area contributed by atoms with Crippen LogP contribution in [0.1, 0.15) is 136 Å². The highest BCUT2D eigenvalue weighted by Gasteiger charge is 2.80. The molecule has 4 aromatic rings. The Hall–Kier alpha value is -7.39. The van der Waals surface area contributed by atoms with Crippen LogP contribution in [0.15, 0.2) is 77.8 Å². The van der Waals surface area contributed by atoms with Crippen LogP contribution in [0.2, 0.25) is 0 Å². The molecular formula is C66H79N7O13. The molecule has 86 heavy (non-hydrogen) atoms. The van der Waals surface area contributed by atoms with Gasteiger partial charge in [0.25, 0.3) is 17.5 Å². The molecule has 2 saturated heterocycles. The SMILES string of the molecule is CC[C@]1(O)C[C@H]2CN(CCc3c([nH]c4ccc(C(C)=NCC(=O)c5ccc(CC(=O)CCCCCN6C(=O)C=CC6=O)cc5[N+](=O)[O-])cc34)[C@@](C)(c3cc4c(cc3OC)N(C)[C@H]3[C@@](O)(C(=O)OC)[C@H](OC(C)=O)[C@]5(CC)C=CCN6CC[C@]43[C@@H]65)C2)C1. The quantitative estimate of drug-likeness (QED) is 0.0124. The van der Waals surface area contributed by atoms with Crippen molar-refractivity contribution >= 4 is 63.3 Å². The number of amides is 2. The number of hydrogen-bond donors (Lipinski definition) is 3. The van der Waals surface area contributed by atoms with E-state index in [2.05, 4.69) is 46.0 Å². The minimum Gasteiger partial charge on any atom is -0.496 e. The van der Waals surface area contributed by atoms with Crippen LogP contribution in [0, 0.1) is 21.4 Å². The van der Waals surface area contributed by atoms with Gasteiger partial charge in [0, 0.05) is 140 Å². The van der Waals surface area contributed by atoms with Crippen molar-refractivity contribution in [3.8, 4) is 5.75 Å². The molecule has 0 radical (unpaired) electrons. The van der Waals surface area contributed by atoms with E-state index in [-0.39, 0.29) is 61.1 Å². The average Bonchev–Trinajstić information content (AvgIpc) is 1.44. The summed E-state index contributed by atoms with van der Waals surface area (Å²) in [5.41, 5.74) is 0.926. The molecule has 1 spiro atoms. The van der Waals surface area contributed by atoms with Gasteiger partial charge in [-0.25, -0.2) is 4.79 Å². The van der Waals surface area contributed by atoms with Gasteiger partial charge in [-0.2, -0.15) is 0 Å². The summed E-state index contributed by atoms with van der Waals surface area (Å²) < 4.78 is 18.3. The van der Waals surface area contributed by atoms with Gasteiger partial charge in [0.1, 0.15) is 18.1 Å². The number of imide groups is 1. The van der Waals surface area contributed by atoms with Crippen molar-refractivity contribution in [2.75, 3.05) is 72.0 Å². The van der Waals surface area contributed by atoms with E-state index in [1.807, 2.05) is 50.9 Å². The van der Waals surface area contributed by atoms with Crippen LogP contribution in [0.25, 0.3) is 10.9 Å². The Morgan fingerprint density at radius 3 is 2.38 bits per heavy atom. The van der Waals surface area contributed by atoms with Gasteiger partial charge in [-0.15, -0.1) is 0 Å². The number of methoxy groups -OCH3 is 2. The number of Topliss-reactive ketones (excluding diaryl/α,β-unsaturated/α-hetero) is 2. The van der Waals surface area contributed by atoms with Crippen molar-refractivity contribution in [2.45, 2.75) is 145 Å². The fraction of sp³-hybridized carbons (Fsp3) is 0.530. The number of aliphatic imine (C=N–C) groups is 1. The van der Waals surface area contributed by atoms with E-state index in [0.29, 0.717) is 101 Å². The van der Waals surface area contributed by atoms with Gasteiger partial charge in [0.15, 0.2) is 11.9 Å². The lowest BCUT2D eigenvalue weighted by atomic mass is 9.47. The number of carbonyl (C=O) groups is 6. The molecule has 20 nitrogen and oxygen atoms in total. The molecule has 6 aliphatic heterocycles. The Morgan fingerprint density at radius 2 is 1.69 bits per heavy atom. The number of nitrogens with zero attached hydrogens (tertiary/aromatic N) is 6. The van der Waals surface area contributed by atoms with E-state index in [1.54, 1.807) is 13.2 Å². The minimum absolute atomic E-state index is 0.0512. The number of hydrogen-bond acceptors (Lipinski definition) is 17. The maximum atomic E-state index is 14.6. The zero-order chi connectivity index (χ0) is 61.4. The predicted molar refractivity (Wildman–Crippen MR) is 322 cm³/mol. The predicted octanol–water partition coefficient (Wildman–Crippen LogP) is 7.03. The number of carbonyl (C=O) groups excluding carboxylic acids is 6. The Morgan fingerprint density at radius 1 is 0.919 bits per heavy atom. The molecule has 20 heteroatoms. The Bertz CT molecular complexity index is 3550. The van der Waals surface area contributed by atoms with Crippen LogP contribution in [-0.4, -0.2) is 172 Å². The van der Waals surface area contributed by atoms with E-state index < -0.39 is 67.9 Å². The summed E-state index contributed by atoms with van der Waals surface area (Å²) in [5, 5.41) is 39.1. The molecule has 3 N–H and O–H groups in total. The number of ketones is 2. The first kappa shape index (κ1) is 60.3. The number of nitro benzene ring substituents is 1. The molecule has 1 saturated carbocycles. The second kappa shape index (κ2) is 22.7. The average molecular weight is 1180 g/mol. The van der Waals surface area contributed by atoms with Crippen LogP contribution in [0.5, 0.6) is 5.75 Å². The van der Waals surface area contributed by atoms with Gasteiger partial charge in [0.05, 0.1) is 36.3 Å². The number of unbranched alkanes of at least 4 members (excludes halogenated alkanes) is 2. The van der Waals surface area contributed by atoms with Crippen molar-refractivity contribution in [3.05, 3.63) is 122 Å². The number of fused-ring (bicyclic) bond motifs is 6. The smallest absolute Gasteiger partial charge is 0.344 e. The number of nitro groups is 1. The van der Waals surface area contributed by atoms with Crippen molar-refractivity contribution in [1.82, 2.24) is 19.7 Å². The number of aliphatic hydroxyl groups is 2. The number of benzene rings is 3. The van der Waals surface area contributed by atoms with Crippen LogP contribution in [0.4, 0.5) is 11.4 Å². The van der Waals surface area contributed by atoms with E-state index in [1.165, 1.54) is 38.3 Å². The summed E-state index contributed by atoms with van der Waals surface area (Å²) in [6.45, 7) is 12.6. The number of esters is 2. The van der Waals surface area contributed by atoms with Crippen LogP contribution < -0.4 is 9.64 Å². The molecule has 1 aromatic heterocycles. The Balaban J connectivity index is 0.935. The van der Waals surface area contributed by atoms with E-state index in [0.717, 1.165) is 56.0 Å². The van der Waals surface area contributed by atoms with Crippen molar-refractivity contribution < 1.29 is 58.1 Å². The second-order valence-electron chi connectivity index (χ2n) is 25.5. The van der Waals surface area contributed by atoms with Gasteiger partial charge in [-0.3, -0.25) is 53.8 Å². The summed E-state index contributed by atoms with van der Waals surface area (Å²) in [5.74, 6) is -2.20. The highest BCUT2D eigenvalue weighted by molar-refractivity contribution is 6.13. The molecule has 2 bridgehead atoms. The van der Waals surface area contributed by atoms with E-state index in [4.69, 9.17) is 19.2 Å². The maximum absolute atomic E-state index is 14.6. The molecular weight excluding hydrogens is 1100 g/mol. The summed E-state index contributed by atoms with van der Waals surface area (Å²) in [6.07, 6.45) is 10.7. The third kappa shape index (κ3) is 9.78. The molecule has 10 atom stereocenters. The van der Waals surface area contributed by atoms with Crippen molar-refractivity contribution in [3.63, 3.8) is 0 Å². The maximum Gasteiger partial charge on any atom is 0.344 e. The van der Waals surface area contributed by atoms with Crippen molar-refractivity contribution in [1.29, 1.82) is 0 Å². The summed E-state index contributed by atoms with van der Waals surface area (Å²) in [6, 6.07) is 13.4. The third-order valence-electron chi connectivity index (χ3n) is 20.6. The fourth-order valence-electron chi connectivity index (χ4n) is 16.8. The molecule has 2 amide bonds. The topological polar surface area (TPSA) is 255 Å². The summed E-state index contributed by atoms with van der Waals surface area (Å²) in [4.78, 5) is 107. The largest absolute Gasteiger partial charge is 0.496 e. The minimum atomic E-state index is -2.31. The molecule has 1 aliphatic carbocycles. The summed E-state index contributed by atoms with van der Waals surface area (Å²) in [7, 11) is 4.81. The van der Waals surface area contributed by atoms with Crippen LogP contribution in [-0.2, 0) is 57.1 Å². The molecule has 1 unspecified atom stereocenters. The fourth-order valence-corrected chi connectivity index (χ4v) is 16.8. The molecule has 11 rings (SSSR count). The Kier molecular flexibility index (Phi) is 15.9. The highest BCUT2D eigenvalue weighted by atomic mass is 16.6. The lowest BCUT2D eigenvalue weighted by Gasteiger charge is -2.63. The number of likely N-dealkylation sites (N-methyl/N-ethyl adjacent to an activating group) is 1.